The van der Waals surface area contributed by atoms with Crippen molar-refractivity contribution in [1.29, 1.82) is 0 Å². The van der Waals surface area contributed by atoms with Crippen LogP contribution in [0.4, 0.5) is 0 Å². The Bertz CT molecular complexity index is 80.5. The van der Waals surface area contributed by atoms with Crippen molar-refractivity contribution in [3.8, 4) is 0 Å². The van der Waals surface area contributed by atoms with E-state index in [1.807, 2.05) is 0 Å². The molecule has 0 unspecified atom stereocenters. The molecule has 0 heterocycles. The van der Waals surface area contributed by atoms with E-state index in [2.05, 4.69) is 9.99 Å². The van der Waals surface area contributed by atoms with E-state index in [1.165, 1.54) is 7.11 Å². The highest BCUT2D eigenvalue weighted by atomic mass is 16.6. The molecule has 0 rings (SSSR count). The van der Waals surface area contributed by atoms with Gasteiger partial charge in [0, 0.05) is 13.0 Å². The Hall–Kier alpha value is -0.570. The van der Waals surface area contributed by atoms with Gasteiger partial charge in [-0.05, 0) is 6.92 Å². The summed E-state index contributed by atoms with van der Waals surface area (Å²) < 4.78 is 0. The van der Waals surface area contributed by atoms with Crippen molar-refractivity contribution in [3.63, 3.8) is 0 Å². The Kier molecular flexibility index (Phi) is 4.26. The molecule has 0 spiro atoms. The molecule has 8 heavy (non-hydrogen) atoms. The second-order valence-electron chi connectivity index (χ2n) is 1.48. The van der Waals surface area contributed by atoms with Gasteiger partial charge < -0.3 is 9.94 Å². The second kappa shape index (κ2) is 4.59. The van der Waals surface area contributed by atoms with E-state index in [9.17, 15) is 0 Å². The normalized spacial score (nSPS) is 11.6. The van der Waals surface area contributed by atoms with Crippen LogP contribution in [0.3, 0.4) is 0 Å². The molecule has 0 aliphatic heterocycles. The molecule has 0 saturated heterocycles. The smallest absolute Gasteiger partial charge is 0.106 e. The predicted octanol–water partition coefficient (Wildman–Crippen LogP) is 0.391. The number of aliphatic hydroxyl groups excluding tert-OH is 1. The van der Waals surface area contributed by atoms with Gasteiger partial charge in [-0.15, -0.1) is 0 Å². The van der Waals surface area contributed by atoms with Crippen molar-refractivity contribution in [3.05, 3.63) is 0 Å². The van der Waals surface area contributed by atoms with Crippen LogP contribution in [0.5, 0.6) is 0 Å². The first kappa shape index (κ1) is 7.43. The first-order valence-corrected chi connectivity index (χ1v) is 2.48. The topological polar surface area (TPSA) is 41.8 Å². The molecule has 0 bridgehead atoms. The first-order valence-electron chi connectivity index (χ1n) is 2.48. The van der Waals surface area contributed by atoms with Gasteiger partial charge >= 0.3 is 0 Å². The number of oxime groups is 1. The van der Waals surface area contributed by atoms with Gasteiger partial charge in [-0.25, -0.2) is 0 Å². The number of aliphatic hydroxyl groups is 1. The summed E-state index contributed by atoms with van der Waals surface area (Å²) in [6.07, 6.45) is 0.591. The highest BCUT2D eigenvalue weighted by Crippen LogP contribution is 1.83. The summed E-state index contributed by atoms with van der Waals surface area (Å²) in [6, 6.07) is 0. The lowest BCUT2D eigenvalue weighted by atomic mass is 10.3. The molecule has 0 aromatic heterocycles. The summed E-state index contributed by atoms with van der Waals surface area (Å²) in [7, 11) is 1.49. The minimum atomic E-state index is 0.138. The van der Waals surface area contributed by atoms with Crippen LogP contribution >= 0.6 is 0 Å². The van der Waals surface area contributed by atoms with Crippen LogP contribution in [-0.4, -0.2) is 24.5 Å². The number of hydrogen-bond acceptors (Lipinski definition) is 3. The maximum absolute atomic E-state index is 8.33. The van der Waals surface area contributed by atoms with Crippen LogP contribution in [0, 0.1) is 0 Å². The molecule has 1 N–H and O–H groups in total. The van der Waals surface area contributed by atoms with Gasteiger partial charge in [0.1, 0.15) is 7.11 Å². The number of rotatable bonds is 3. The van der Waals surface area contributed by atoms with E-state index < -0.39 is 0 Å². The second-order valence-corrected chi connectivity index (χ2v) is 1.48. The zero-order valence-corrected chi connectivity index (χ0v) is 5.22. The van der Waals surface area contributed by atoms with Crippen LogP contribution in [0.2, 0.25) is 0 Å². The molecule has 0 fully saturated rings. The third-order valence-electron chi connectivity index (χ3n) is 0.721. The van der Waals surface area contributed by atoms with Crippen molar-refractivity contribution in [1.82, 2.24) is 0 Å². The maximum Gasteiger partial charge on any atom is 0.106 e. The quantitative estimate of drug-likeness (QED) is 0.429. The molecule has 0 aromatic rings. The fourth-order valence-electron chi connectivity index (χ4n) is 0.363. The molecule has 0 atom stereocenters. The third-order valence-corrected chi connectivity index (χ3v) is 0.721. The highest BCUT2D eigenvalue weighted by molar-refractivity contribution is 5.81. The van der Waals surface area contributed by atoms with Gasteiger partial charge in [0.2, 0.25) is 0 Å². The molecule has 0 radical (unpaired) electrons. The Balaban J connectivity index is 3.29. The molecule has 0 saturated carbocycles. The summed E-state index contributed by atoms with van der Waals surface area (Å²) in [6.45, 7) is 1.94. The molecule has 3 heteroatoms. The largest absolute Gasteiger partial charge is 0.399 e. The van der Waals surface area contributed by atoms with E-state index in [0.717, 1.165) is 5.71 Å². The minimum Gasteiger partial charge on any atom is -0.399 e. The molecule has 0 aliphatic rings. The van der Waals surface area contributed by atoms with Gasteiger partial charge in [0.25, 0.3) is 0 Å². The minimum absolute atomic E-state index is 0.138. The monoisotopic (exact) mass is 117 g/mol. The fourth-order valence-corrected chi connectivity index (χ4v) is 0.363. The first-order chi connectivity index (χ1) is 3.81. The SMILES string of the molecule is CO/N=C(/C)CCO. The van der Waals surface area contributed by atoms with Crippen LogP contribution in [0.1, 0.15) is 13.3 Å². The van der Waals surface area contributed by atoms with E-state index >= 15 is 0 Å². The van der Waals surface area contributed by atoms with Gasteiger partial charge in [0.15, 0.2) is 0 Å². The van der Waals surface area contributed by atoms with Gasteiger partial charge in [-0.1, -0.05) is 5.16 Å². The van der Waals surface area contributed by atoms with Crippen LogP contribution in [0.25, 0.3) is 0 Å². The maximum atomic E-state index is 8.33. The Morgan fingerprint density at radius 3 is 2.75 bits per heavy atom. The molecular formula is C5H11NO2. The molecule has 0 amide bonds. The zero-order chi connectivity index (χ0) is 6.41. The third kappa shape index (κ3) is 3.61. The van der Waals surface area contributed by atoms with E-state index in [1.54, 1.807) is 6.92 Å². The number of nitrogens with zero attached hydrogens (tertiary/aromatic N) is 1. The number of hydrogen-bond donors (Lipinski definition) is 1. The van der Waals surface area contributed by atoms with E-state index in [4.69, 9.17) is 5.11 Å². The lowest BCUT2D eigenvalue weighted by molar-refractivity contribution is 0.210. The van der Waals surface area contributed by atoms with Crippen LogP contribution in [0.15, 0.2) is 5.16 Å². The molecular weight excluding hydrogens is 106 g/mol. The lowest BCUT2D eigenvalue weighted by Crippen LogP contribution is -1.95. The van der Waals surface area contributed by atoms with Crippen molar-refractivity contribution < 1.29 is 9.94 Å². The van der Waals surface area contributed by atoms with Crippen LogP contribution < -0.4 is 0 Å². The average Bonchev–Trinajstić information content (AvgIpc) is 1.68. The zero-order valence-electron chi connectivity index (χ0n) is 5.22. The Morgan fingerprint density at radius 2 is 2.38 bits per heavy atom. The van der Waals surface area contributed by atoms with Crippen LogP contribution in [-0.2, 0) is 4.84 Å². The van der Waals surface area contributed by atoms with Crippen molar-refractivity contribution >= 4 is 5.71 Å². The summed E-state index contributed by atoms with van der Waals surface area (Å²) in [5.41, 5.74) is 0.815. The van der Waals surface area contributed by atoms with E-state index in [0.29, 0.717) is 6.42 Å². The highest BCUT2D eigenvalue weighted by Gasteiger charge is 1.86. The fraction of sp³-hybridized carbons (Fsp3) is 0.800. The summed E-state index contributed by atoms with van der Waals surface area (Å²) >= 11 is 0. The summed E-state index contributed by atoms with van der Waals surface area (Å²) in [5.74, 6) is 0. The molecule has 48 valence electrons. The van der Waals surface area contributed by atoms with Crippen molar-refractivity contribution in [2.45, 2.75) is 13.3 Å². The van der Waals surface area contributed by atoms with E-state index in [-0.39, 0.29) is 6.61 Å². The Labute approximate surface area is 49.0 Å². The summed E-state index contributed by atoms with van der Waals surface area (Å²) in [4.78, 5) is 4.43. The predicted molar refractivity (Wildman–Crippen MR) is 31.8 cm³/mol. The standard InChI is InChI=1S/C5H11NO2/c1-5(3-4-7)6-8-2/h7H,3-4H2,1-2H3/b6-5-. The molecule has 3 nitrogen and oxygen atoms in total. The molecule has 0 aliphatic carbocycles. The molecule has 0 aromatic carbocycles. The summed E-state index contributed by atoms with van der Waals surface area (Å²) in [5, 5.41) is 11.9. The van der Waals surface area contributed by atoms with Gasteiger partial charge in [-0.3, -0.25) is 0 Å². The van der Waals surface area contributed by atoms with Gasteiger partial charge in [-0.2, -0.15) is 0 Å². The van der Waals surface area contributed by atoms with Crippen molar-refractivity contribution in [2.24, 2.45) is 5.16 Å². The van der Waals surface area contributed by atoms with Gasteiger partial charge in [0.05, 0.1) is 5.71 Å². The average molecular weight is 117 g/mol. The Morgan fingerprint density at radius 1 is 1.75 bits per heavy atom. The lowest BCUT2D eigenvalue weighted by Gasteiger charge is -1.92. The van der Waals surface area contributed by atoms with Crippen molar-refractivity contribution in [2.75, 3.05) is 13.7 Å².